The third-order valence-electron chi connectivity index (χ3n) is 1.26. The van der Waals surface area contributed by atoms with Crippen LogP contribution in [0.2, 0.25) is 0 Å². The van der Waals surface area contributed by atoms with Gasteiger partial charge in [-0.25, -0.2) is 4.99 Å². The van der Waals surface area contributed by atoms with E-state index in [0.717, 1.165) is 6.42 Å². The lowest BCUT2D eigenvalue weighted by Gasteiger charge is -2.19. The second kappa shape index (κ2) is 3.85. The Bertz CT molecular complexity index is 143. The van der Waals surface area contributed by atoms with Gasteiger partial charge in [0.05, 0.1) is 10.7 Å². The largest absolute Gasteiger partial charge is 0.226 e. The smallest absolute Gasteiger partial charge is 0.0657 e. The van der Waals surface area contributed by atoms with Crippen LogP contribution in [0.25, 0.3) is 0 Å². The van der Waals surface area contributed by atoms with Gasteiger partial charge in [0.2, 0.25) is 0 Å². The molecule has 1 nitrogen and oxygen atoms in total. The van der Waals surface area contributed by atoms with Gasteiger partial charge in [-0.3, -0.25) is 0 Å². The van der Waals surface area contributed by atoms with E-state index >= 15 is 0 Å². The second-order valence-corrected chi connectivity index (χ2v) is 3.80. The fourth-order valence-electron chi connectivity index (χ4n) is 1.17. The standard InChI is InChI=1S/C8H15NS/c1-7(2)5-8(3,4)9-6-10/h7H,5H2,1-4H3. The Hall–Kier alpha value is -0.200. The van der Waals surface area contributed by atoms with Gasteiger partial charge < -0.3 is 0 Å². The average molecular weight is 157 g/mol. The Labute approximate surface area is 68.5 Å². The van der Waals surface area contributed by atoms with Crippen molar-refractivity contribution in [1.82, 2.24) is 0 Å². The van der Waals surface area contributed by atoms with Gasteiger partial charge in [0.1, 0.15) is 0 Å². The third kappa shape index (κ3) is 4.66. The molecule has 0 saturated heterocycles. The average Bonchev–Trinajstić information content (AvgIpc) is 1.59. The van der Waals surface area contributed by atoms with Gasteiger partial charge in [0.25, 0.3) is 0 Å². The maximum atomic E-state index is 4.54. The highest BCUT2D eigenvalue weighted by Crippen LogP contribution is 2.18. The summed E-state index contributed by atoms with van der Waals surface area (Å²) in [5, 5.41) is 2.42. The molecule has 0 heterocycles. The molecule has 0 radical (unpaired) electrons. The van der Waals surface area contributed by atoms with Crippen molar-refractivity contribution < 1.29 is 0 Å². The SMILES string of the molecule is CC(C)CC(C)(C)N=C=S. The minimum atomic E-state index is -0.0179. The molecule has 0 spiro atoms. The zero-order valence-electron chi connectivity index (χ0n) is 7.14. The topological polar surface area (TPSA) is 12.4 Å². The van der Waals surface area contributed by atoms with E-state index in [2.05, 4.69) is 50.1 Å². The summed E-state index contributed by atoms with van der Waals surface area (Å²) in [6, 6.07) is 0. The molecule has 0 atom stereocenters. The molecule has 10 heavy (non-hydrogen) atoms. The quantitative estimate of drug-likeness (QED) is 0.453. The van der Waals surface area contributed by atoms with Gasteiger partial charge in [0, 0.05) is 0 Å². The molecule has 0 bridgehead atoms. The van der Waals surface area contributed by atoms with Crippen LogP contribution in [-0.4, -0.2) is 10.7 Å². The summed E-state index contributed by atoms with van der Waals surface area (Å²) < 4.78 is 0. The minimum Gasteiger partial charge on any atom is -0.226 e. The van der Waals surface area contributed by atoms with Gasteiger partial charge in [-0.05, 0) is 38.4 Å². The van der Waals surface area contributed by atoms with Crippen LogP contribution < -0.4 is 0 Å². The number of isothiocyanates is 1. The molecule has 0 saturated carbocycles. The van der Waals surface area contributed by atoms with Gasteiger partial charge >= 0.3 is 0 Å². The highest BCUT2D eigenvalue weighted by atomic mass is 32.1. The number of rotatable bonds is 3. The van der Waals surface area contributed by atoms with E-state index in [1.807, 2.05) is 0 Å². The molecule has 2 heteroatoms. The third-order valence-corrected chi connectivity index (χ3v) is 1.35. The van der Waals surface area contributed by atoms with Crippen molar-refractivity contribution in [2.45, 2.75) is 39.7 Å². The van der Waals surface area contributed by atoms with Gasteiger partial charge in [-0.2, -0.15) is 0 Å². The predicted octanol–water partition coefficient (Wildman–Crippen LogP) is 2.91. The molecule has 0 unspecified atom stereocenters. The molecular formula is C8H15NS. The molecule has 0 fully saturated rings. The van der Waals surface area contributed by atoms with Crippen LogP contribution in [0.5, 0.6) is 0 Å². The molecule has 0 N–H and O–H groups in total. The number of thiocarbonyl (C=S) groups is 1. The Balaban J connectivity index is 3.98. The number of hydrogen-bond acceptors (Lipinski definition) is 2. The van der Waals surface area contributed by atoms with E-state index in [1.165, 1.54) is 0 Å². The predicted molar refractivity (Wildman–Crippen MR) is 48.6 cm³/mol. The summed E-state index contributed by atoms with van der Waals surface area (Å²) in [4.78, 5) is 4.06. The van der Waals surface area contributed by atoms with Gasteiger partial charge in [-0.1, -0.05) is 13.8 Å². The molecule has 0 aliphatic heterocycles. The number of hydrogen-bond donors (Lipinski definition) is 0. The highest BCUT2D eigenvalue weighted by Gasteiger charge is 2.16. The van der Waals surface area contributed by atoms with Gasteiger partial charge in [0.15, 0.2) is 0 Å². The van der Waals surface area contributed by atoms with E-state index in [4.69, 9.17) is 0 Å². The van der Waals surface area contributed by atoms with Crippen molar-refractivity contribution in [3.8, 4) is 0 Å². The lowest BCUT2D eigenvalue weighted by atomic mass is 9.94. The minimum absolute atomic E-state index is 0.0179. The molecule has 58 valence electrons. The molecular weight excluding hydrogens is 142 g/mol. The Morgan fingerprint density at radius 1 is 1.50 bits per heavy atom. The first kappa shape index (κ1) is 9.80. The fourth-order valence-corrected chi connectivity index (χ4v) is 1.42. The van der Waals surface area contributed by atoms with Crippen molar-refractivity contribution >= 4 is 17.4 Å². The van der Waals surface area contributed by atoms with Crippen LogP contribution in [0.4, 0.5) is 0 Å². The van der Waals surface area contributed by atoms with Crippen molar-refractivity contribution in [3.05, 3.63) is 0 Å². The molecule has 0 aromatic rings. The van der Waals surface area contributed by atoms with Crippen LogP contribution in [0, 0.1) is 5.92 Å². The van der Waals surface area contributed by atoms with E-state index in [0.29, 0.717) is 5.92 Å². The molecule has 0 amide bonds. The van der Waals surface area contributed by atoms with Gasteiger partial charge in [-0.15, -0.1) is 0 Å². The van der Waals surface area contributed by atoms with Crippen molar-refractivity contribution in [2.75, 3.05) is 0 Å². The lowest BCUT2D eigenvalue weighted by Crippen LogP contribution is -2.18. The maximum Gasteiger partial charge on any atom is 0.0657 e. The van der Waals surface area contributed by atoms with Crippen LogP contribution in [-0.2, 0) is 0 Å². The van der Waals surface area contributed by atoms with Crippen LogP contribution in [0.15, 0.2) is 4.99 Å². The van der Waals surface area contributed by atoms with E-state index in [9.17, 15) is 0 Å². The first-order valence-electron chi connectivity index (χ1n) is 3.57. The van der Waals surface area contributed by atoms with E-state index in [-0.39, 0.29) is 5.54 Å². The lowest BCUT2D eigenvalue weighted by molar-refractivity contribution is 0.405. The summed E-state index contributed by atoms with van der Waals surface area (Å²) >= 11 is 4.54. The van der Waals surface area contributed by atoms with E-state index in [1.54, 1.807) is 0 Å². The van der Waals surface area contributed by atoms with E-state index < -0.39 is 0 Å². The summed E-state index contributed by atoms with van der Waals surface area (Å²) in [6.07, 6.45) is 1.07. The second-order valence-electron chi connectivity index (χ2n) is 3.61. The number of aliphatic imine (C=N–C) groups is 1. The monoisotopic (exact) mass is 157 g/mol. The van der Waals surface area contributed by atoms with Crippen LogP contribution >= 0.6 is 12.2 Å². The summed E-state index contributed by atoms with van der Waals surface area (Å²) in [5.41, 5.74) is -0.0179. The molecule has 0 aliphatic carbocycles. The molecule has 0 rings (SSSR count). The number of nitrogens with zero attached hydrogens (tertiary/aromatic N) is 1. The highest BCUT2D eigenvalue weighted by molar-refractivity contribution is 7.78. The first-order chi connectivity index (χ1) is 4.48. The Morgan fingerprint density at radius 3 is 2.30 bits per heavy atom. The molecule has 0 aromatic heterocycles. The van der Waals surface area contributed by atoms with Crippen molar-refractivity contribution in [3.63, 3.8) is 0 Å². The normalized spacial score (nSPS) is 11.3. The van der Waals surface area contributed by atoms with Crippen LogP contribution in [0.1, 0.15) is 34.1 Å². The maximum absolute atomic E-state index is 4.54. The van der Waals surface area contributed by atoms with Crippen molar-refractivity contribution in [1.29, 1.82) is 0 Å². The molecule has 0 aliphatic rings. The Morgan fingerprint density at radius 2 is 2.00 bits per heavy atom. The fraction of sp³-hybridized carbons (Fsp3) is 0.875. The zero-order chi connectivity index (χ0) is 8.20. The summed E-state index contributed by atoms with van der Waals surface area (Å²) in [6.45, 7) is 8.51. The summed E-state index contributed by atoms with van der Waals surface area (Å²) in [5.74, 6) is 0.669. The van der Waals surface area contributed by atoms with Crippen LogP contribution in [0.3, 0.4) is 0 Å². The van der Waals surface area contributed by atoms with Crippen molar-refractivity contribution in [2.24, 2.45) is 10.9 Å². The summed E-state index contributed by atoms with van der Waals surface area (Å²) in [7, 11) is 0. The first-order valence-corrected chi connectivity index (χ1v) is 3.98. The molecule has 0 aromatic carbocycles. The Kier molecular flexibility index (Phi) is 3.77. The zero-order valence-corrected chi connectivity index (χ0v) is 7.96.